The maximum atomic E-state index is 12.7. The number of amides is 2. The Labute approximate surface area is 115 Å². The van der Waals surface area contributed by atoms with Crippen molar-refractivity contribution in [1.82, 2.24) is 4.90 Å². The van der Waals surface area contributed by atoms with Gasteiger partial charge in [-0.15, -0.1) is 0 Å². The van der Waals surface area contributed by atoms with Crippen molar-refractivity contribution in [3.8, 4) is 0 Å². The van der Waals surface area contributed by atoms with Crippen LogP contribution in [0.4, 0.5) is 0 Å². The van der Waals surface area contributed by atoms with Crippen LogP contribution < -0.4 is 5.73 Å². The van der Waals surface area contributed by atoms with Crippen LogP contribution in [0, 0.1) is 11.3 Å². The van der Waals surface area contributed by atoms with E-state index in [0.717, 1.165) is 25.7 Å². The molecular weight excluding hydrogens is 240 g/mol. The standard InChI is InChI=1S/C15H26N2O2/c1-11(2)12(16)10-17-13(18)9-15(14(17)19)7-5-3-4-6-8-15/h11-12H,3-10,16H2,1-2H3. The highest BCUT2D eigenvalue weighted by atomic mass is 16.2. The molecule has 0 aromatic heterocycles. The van der Waals surface area contributed by atoms with Crippen LogP contribution in [0.15, 0.2) is 0 Å². The molecular formula is C15H26N2O2. The van der Waals surface area contributed by atoms with E-state index in [1.54, 1.807) is 0 Å². The number of imide groups is 1. The zero-order chi connectivity index (χ0) is 14.0. The lowest BCUT2D eigenvalue weighted by atomic mass is 9.79. The topological polar surface area (TPSA) is 63.4 Å². The lowest BCUT2D eigenvalue weighted by Gasteiger charge is -2.27. The number of likely N-dealkylation sites (tertiary alicyclic amines) is 1. The fourth-order valence-corrected chi connectivity index (χ4v) is 3.26. The number of nitrogens with zero attached hydrogens (tertiary/aromatic N) is 1. The zero-order valence-electron chi connectivity index (χ0n) is 12.2. The molecule has 1 spiro atoms. The molecule has 0 radical (unpaired) electrons. The molecule has 2 N–H and O–H groups in total. The normalized spacial score (nSPS) is 25.2. The largest absolute Gasteiger partial charge is 0.326 e. The van der Waals surface area contributed by atoms with E-state index < -0.39 is 0 Å². The molecule has 2 amide bonds. The van der Waals surface area contributed by atoms with Crippen LogP contribution in [0.25, 0.3) is 0 Å². The Bertz CT molecular complexity index is 357. The quantitative estimate of drug-likeness (QED) is 0.795. The Balaban J connectivity index is 2.11. The molecule has 4 heteroatoms. The Morgan fingerprint density at radius 1 is 1.16 bits per heavy atom. The Morgan fingerprint density at radius 2 is 1.74 bits per heavy atom. The summed E-state index contributed by atoms with van der Waals surface area (Å²) in [5.74, 6) is 0.324. The predicted molar refractivity (Wildman–Crippen MR) is 74.3 cm³/mol. The van der Waals surface area contributed by atoms with Crippen LogP contribution in [0.5, 0.6) is 0 Å². The first kappa shape index (κ1) is 14.5. The van der Waals surface area contributed by atoms with Gasteiger partial charge in [0, 0.05) is 19.0 Å². The molecule has 1 atom stereocenters. The van der Waals surface area contributed by atoms with Gasteiger partial charge in [-0.1, -0.05) is 39.5 Å². The van der Waals surface area contributed by atoms with Gasteiger partial charge >= 0.3 is 0 Å². The van der Waals surface area contributed by atoms with E-state index in [2.05, 4.69) is 0 Å². The summed E-state index contributed by atoms with van der Waals surface area (Å²) in [4.78, 5) is 26.3. The summed E-state index contributed by atoms with van der Waals surface area (Å²) >= 11 is 0. The summed E-state index contributed by atoms with van der Waals surface area (Å²) in [6, 6.07) is -0.117. The molecule has 0 aromatic carbocycles. The average Bonchev–Trinajstić information content (AvgIpc) is 2.56. The molecule has 1 aliphatic heterocycles. The molecule has 0 bridgehead atoms. The van der Waals surface area contributed by atoms with E-state index in [4.69, 9.17) is 5.73 Å². The van der Waals surface area contributed by atoms with Gasteiger partial charge in [0.25, 0.3) is 0 Å². The molecule has 4 nitrogen and oxygen atoms in total. The summed E-state index contributed by atoms with van der Waals surface area (Å²) in [5.41, 5.74) is 5.64. The fourth-order valence-electron chi connectivity index (χ4n) is 3.26. The van der Waals surface area contributed by atoms with Crippen LogP contribution in [-0.4, -0.2) is 29.3 Å². The molecule has 108 valence electrons. The number of nitrogens with two attached hydrogens (primary N) is 1. The Hall–Kier alpha value is -0.900. The second-order valence-electron chi connectivity index (χ2n) is 6.59. The van der Waals surface area contributed by atoms with Gasteiger partial charge in [-0.2, -0.15) is 0 Å². The van der Waals surface area contributed by atoms with Gasteiger partial charge < -0.3 is 5.73 Å². The minimum absolute atomic E-state index is 0.0111. The summed E-state index contributed by atoms with van der Waals surface area (Å²) in [7, 11) is 0. The minimum atomic E-state index is -0.385. The second-order valence-corrected chi connectivity index (χ2v) is 6.59. The lowest BCUT2D eigenvalue weighted by Crippen LogP contribution is -2.45. The SMILES string of the molecule is CC(C)C(N)CN1C(=O)CC2(CCCCCC2)C1=O. The third kappa shape index (κ3) is 2.83. The van der Waals surface area contributed by atoms with Gasteiger partial charge in [-0.05, 0) is 18.8 Å². The number of hydrogen-bond acceptors (Lipinski definition) is 3. The van der Waals surface area contributed by atoms with Gasteiger partial charge in [-0.25, -0.2) is 0 Å². The maximum Gasteiger partial charge on any atom is 0.235 e. The van der Waals surface area contributed by atoms with E-state index in [1.807, 2.05) is 13.8 Å². The molecule has 2 rings (SSSR count). The fraction of sp³-hybridized carbons (Fsp3) is 0.867. The van der Waals surface area contributed by atoms with Gasteiger partial charge in [0.2, 0.25) is 11.8 Å². The number of carbonyl (C=O) groups is 2. The van der Waals surface area contributed by atoms with Gasteiger partial charge in [0.15, 0.2) is 0 Å². The highest BCUT2D eigenvalue weighted by Crippen LogP contribution is 2.44. The van der Waals surface area contributed by atoms with Gasteiger partial charge in [-0.3, -0.25) is 14.5 Å². The van der Waals surface area contributed by atoms with Crippen LogP contribution >= 0.6 is 0 Å². The van der Waals surface area contributed by atoms with E-state index in [9.17, 15) is 9.59 Å². The monoisotopic (exact) mass is 266 g/mol. The Morgan fingerprint density at radius 3 is 2.26 bits per heavy atom. The summed E-state index contributed by atoms with van der Waals surface area (Å²) in [5, 5.41) is 0. The molecule has 1 unspecified atom stereocenters. The van der Waals surface area contributed by atoms with Crippen molar-refractivity contribution >= 4 is 11.8 Å². The summed E-state index contributed by atoms with van der Waals surface area (Å²) in [6.45, 7) is 4.44. The van der Waals surface area contributed by atoms with Crippen molar-refractivity contribution in [2.45, 2.75) is 64.8 Å². The number of hydrogen-bond donors (Lipinski definition) is 1. The summed E-state index contributed by atoms with van der Waals surface area (Å²) in [6.07, 6.45) is 6.70. The van der Waals surface area contributed by atoms with Crippen molar-refractivity contribution in [2.75, 3.05) is 6.54 Å². The molecule has 19 heavy (non-hydrogen) atoms. The van der Waals surface area contributed by atoms with E-state index in [-0.39, 0.29) is 29.2 Å². The molecule has 0 aromatic rings. The molecule has 2 fully saturated rings. The molecule has 1 saturated heterocycles. The predicted octanol–water partition coefficient (Wildman–Crippen LogP) is 2.07. The van der Waals surface area contributed by atoms with E-state index >= 15 is 0 Å². The van der Waals surface area contributed by atoms with Crippen molar-refractivity contribution in [2.24, 2.45) is 17.1 Å². The highest BCUT2D eigenvalue weighted by Gasteiger charge is 2.51. The third-order valence-electron chi connectivity index (χ3n) is 4.80. The lowest BCUT2D eigenvalue weighted by molar-refractivity contribution is -0.142. The van der Waals surface area contributed by atoms with Crippen molar-refractivity contribution < 1.29 is 9.59 Å². The molecule has 2 aliphatic rings. The molecule has 1 aliphatic carbocycles. The molecule has 1 heterocycles. The number of rotatable bonds is 3. The van der Waals surface area contributed by atoms with Crippen molar-refractivity contribution in [3.63, 3.8) is 0 Å². The van der Waals surface area contributed by atoms with Gasteiger partial charge in [0.1, 0.15) is 0 Å². The van der Waals surface area contributed by atoms with E-state index in [1.165, 1.54) is 17.7 Å². The first-order valence-corrected chi connectivity index (χ1v) is 7.57. The van der Waals surface area contributed by atoms with Crippen molar-refractivity contribution in [3.05, 3.63) is 0 Å². The van der Waals surface area contributed by atoms with Crippen LogP contribution in [-0.2, 0) is 9.59 Å². The van der Waals surface area contributed by atoms with Crippen LogP contribution in [0.3, 0.4) is 0 Å². The third-order valence-corrected chi connectivity index (χ3v) is 4.80. The Kier molecular flexibility index (Phi) is 4.29. The first-order valence-electron chi connectivity index (χ1n) is 7.57. The van der Waals surface area contributed by atoms with Crippen LogP contribution in [0.1, 0.15) is 58.8 Å². The smallest absolute Gasteiger partial charge is 0.235 e. The molecule has 1 saturated carbocycles. The zero-order valence-corrected chi connectivity index (χ0v) is 12.2. The second kappa shape index (κ2) is 5.61. The van der Waals surface area contributed by atoms with Crippen LogP contribution in [0.2, 0.25) is 0 Å². The van der Waals surface area contributed by atoms with E-state index in [0.29, 0.717) is 13.0 Å². The first-order chi connectivity index (χ1) is 8.96. The highest BCUT2D eigenvalue weighted by molar-refractivity contribution is 6.05. The van der Waals surface area contributed by atoms with Crippen molar-refractivity contribution in [1.29, 1.82) is 0 Å². The summed E-state index contributed by atoms with van der Waals surface area (Å²) < 4.78 is 0. The maximum absolute atomic E-state index is 12.7. The minimum Gasteiger partial charge on any atom is -0.326 e. The van der Waals surface area contributed by atoms with Gasteiger partial charge in [0.05, 0.1) is 5.41 Å². The average molecular weight is 266 g/mol. The number of carbonyl (C=O) groups excluding carboxylic acids is 2.